The zero-order chi connectivity index (χ0) is 22.1. The summed E-state index contributed by atoms with van der Waals surface area (Å²) in [6, 6.07) is 9.73. The standard InChI is InChI=1S/C19H13BrF4N2O3S/c1-29-12-7-5-11(6-8-12)10-26(16-4-2-3-15(23)25-16)30(27,28)19-14(22)9-13(21)17(20)18(19)24/h2-9H,10H2,1H3. The number of ether oxygens (including phenoxy) is 1. The molecule has 0 bridgehead atoms. The highest BCUT2D eigenvalue weighted by molar-refractivity contribution is 9.10. The van der Waals surface area contributed by atoms with Crippen molar-refractivity contribution in [2.24, 2.45) is 0 Å². The molecular formula is C19H13BrF4N2O3S. The minimum atomic E-state index is -4.96. The predicted molar refractivity (Wildman–Crippen MR) is 105 cm³/mol. The van der Waals surface area contributed by atoms with Crippen LogP contribution in [0.4, 0.5) is 23.4 Å². The maximum absolute atomic E-state index is 14.6. The van der Waals surface area contributed by atoms with Crippen LogP contribution >= 0.6 is 15.9 Å². The van der Waals surface area contributed by atoms with Gasteiger partial charge in [0.05, 0.1) is 18.1 Å². The average molecular weight is 505 g/mol. The number of benzene rings is 2. The zero-order valence-corrected chi connectivity index (χ0v) is 17.6. The van der Waals surface area contributed by atoms with Crippen molar-refractivity contribution in [1.82, 2.24) is 4.98 Å². The molecule has 0 atom stereocenters. The van der Waals surface area contributed by atoms with E-state index in [0.717, 1.165) is 6.07 Å². The smallest absolute Gasteiger partial charge is 0.271 e. The van der Waals surface area contributed by atoms with Gasteiger partial charge in [0.25, 0.3) is 10.0 Å². The number of aromatic nitrogens is 1. The fraction of sp³-hybridized carbons (Fsp3) is 0.105. The van der Waals surface area contributed by atoms with Crippen LogP contribution in [0.5, 0.6) is 5.75 Å². The first-order valence-electron chi connectivity index (χ1n) is 8.26. The van der Waals surface area contributed by atoms with Gasteiger partial charge in [0.2, 0.25) is 5.95 Å². The maximum atomic E-state index is 14.6. The summed E-state index contributed by atoms with van der Waals surface area (Å²) in [5.74, 6) is -5.51. The Morgan fingerprint density at radius 1 is 1.03 bits per heavy atom. The van der Waals surface area contributed by atoms with Crippen molar-refractivity contribution >= 4 is 31.8 Å². The second kappa shape index (κ2) is 8.60. The molecule has 0 aliphatic rings. The van der Waals surface area contributed by atoms with Crippen LogP contribution in [0, 0.1) is 23.4 Å². The van der Waals surface area contributed by atoms with E-state index in [1.807, 2.05) is 0 Å². The first-order chi connectivity index (χ1) is 14.1. The Balaban J connectivity index is 2.17. The topological polar surface area (TPSA) is 59.5 Å². The quantitative estimate of drug-likeness (QED) is 0.209. The Labute approximate surface area is 178 Å². The van der Waals surface area contributed by atoms with Crippen molar-refractivity contribution in [1.29, 1.82) is 0 Å². The molecule has 0 N–H and O–H groups in total. The van der Waals surface area contributed by atoms with E-state index in [2.05, 4.69) is 20.9 Å². The molecule has 5 nitrogen and oxygen atoms in total. The summed E-state index contributed by atoms with van der Waals surface area (Å²) in [6.45, 7) is -0.434. The predicted octanol–water partition coefficient (Wildman–Crippen LogP) is 4.80. The van der Waals surface area contributed by atoms with Gasteiger partial charge in [-0.05, 0) is 45.8 Å². The Hall–Kier alpha value is -2.66. The Bertz CT molecular complexity index is 1190. The van der Waals surface area contributed by atoms with Gasteiger partial charge >= 0.3 is 0 Å². The van der Waals surface area contributed by atoms with Gasteiger partial charge in [0, 0.05) is 6.07 Å². The highest BCUT2D eigenvalue weighted by Gasteiger charge is 2.34. The molecule has 0 saturated heterocycles. The monoisotopic (exact) mass is 504 g/mol. The van der Waals surface area contributed by atoms with E-state index in [1.54, 1.807) is 12.1 Å². The van der Waals surface area contributed by atoms with Crippen LogP contribution < -0.4 is 9.04 Å². The Morgan fingerprint density at radius 3 is 2.30 bits per heavy atom. The molecule has 0 radical (unpaired) electrons. The third-order valence-electron chi connectivity index (χ3n) is 4.06. The second-order valence-electron chi connectivity index (χ2n) is 5.98. The van der Waals surface area contributed by atoms with Gasteiger partial charge in [-0.25, -0.2) is 30.9 Å². The van der Waals surface area contributed by atoms with Crippen LogP contribution in [0.3, 0.4) is 0 Å². The molecule has 0 aliphatic carbocycles. The van der Waals surface area contributed by atoms with Crippen LogP contribution in [0.1, 0.15) is 5.56 Å². The third-order valence-corrected chi connectivity index (χ3v) is 6.57. The molecule has 1 aromatic heterocycles. The molecule has 0 fully saturated rings. The van der Waals surface area contributed by atoms with Gasteiger partial charge in [-0.15, -0.1) is 0 Å². The summed E-state index contributed by atoms with van der Waals surface area (Å²) in [6.07, 6.45) is 0. The summed E-state index contributed by atoms with van der Waals surface area (Å²) < 4.78 is 87.3. The van der Waals surface area contributed by atoms with E-state index in [9.17, 15) is 26.0 Å². The van der Waals surface area contributed by atoms with E-state index in [0.29, 0.717) is 15.6 Å². The van der Waals surface area contributed by atoms with Crippen molar-refractivity contribution in [2.75, 3.05) is 11.4 Å². The number of anilines is 1. The lowest BCUT2D eigenvalue weighted by atomic mass is 10.2. The number of sulfonamides is 1. The van der Waals surface area contributed by atoms with Gasteiger partial charge in [0.15, 0.2) is 10.7 Å². The zero-order valence-electron chi connectivity index (χ0n) is 15.2. The normalized spacial score (nSPS) is 11.4. The summed E-state index contributed by atoms with van der Waals surface area (Å²) in [5.41, 5.74) is 0.396. The van der Waals surface area contributed by atoms with E-state index in [1.165, 1.54) is 31.4 Å². The molecule has 0 unspecified atom stereocenters. The maximum Gasteiger partial charge on any atom is 0.271 e. The lowest BCUT2D eigenvalue weighted by Crippen LogP contribution is -2.33. The number of methoxy groups -OCH3 is 1. The molecule has 3 aromatic rings. The second-order valence-corrected chi connectivity index (χ2v) is 8.57. The Morgan fingerprint density at radius 2 is 1.70 bits per heavy atom. The number of hydrogen-bond donors (Lipinski definition) is 0. The molecule has 11 heteroatoms. The van der Waals surface area contributed by atoms with E-state index in [-0.39, 0.29) is 6.07 Å². The number of rotatable bonds is 6. The van der Waals surface area contributed by atoms with Crippen LogP contribution in [0.2, 0.25) is 0 Å². The minimum Gasteiger partial charge on any atom is -0.497 e. The summed E-state index contributed by atoms with van der Waals surface area (Å²) in [7, 11) is -3.51. The van der Waals surface area contributed by atoms with Crippen LogP contribution in [0.15, 0.2) is 57.9 Å². The highest BCUT2D eigenvalue weighted by Crippen LogP contribution is 2.33. The summed E-state index contributed by atoms with van der Waals surface area (Å²) in [5, 5.41) is 0. The SMILES string of the molecule is COc1ccc(CN(c2cccc(F)n2)S(=O)(=O)c2c(F)cc(F)c(Br)c2F)cc1. The number of pyridine rings is 1. The number of hydrogen-bond acceptors (Lipinski definition) is 4. The molecule has 3 rings (SSSR count). The fourth-order valence-corrected chi connectivity index (χ4v) is 4.58. The van der Waals surface area contributed by atoms with Crippen LogP contribution in [-0.4, -0.2) is 20.5 Å². The van der Waals surface area contributed by atoms with Gasteiger partial charge in [-0.2, -0.15) is 4.39 Å². The lowest BCUT2D eigenvalue weighted by molar-refractivity contribution is 0.414. The van der Waals surface area contributed by atoms with Crippen molar-refractivity contribution in [3.63, 3.8) is 0 Å². The molecule has 0 saturated carbocycles. The molecule has 0 aliphatic heterocycles. The van der Waals surface area contributed by atoms with E-state index in [4.69, 9.17) is 4.74 Å². The molecule has 158 valence electrons. The van der Waals surface area contributed by atoms with Crippen molar-refractivity contribution in [2.45, 2.75) is 11.4 Å². The minimum absolute atomic E-state index is 0.241. The van der Waals surface area contributed by atoms with Gasteiger partial charge in [-0.3, -0.25) is 0 Å². The van der Waals surface area contributed by atoms with Crippen molar-refractivity contribution < 1.29 is 30.7 Å². The van der Waals surface area contributed by atoms with Gasteiger partial charge < -0.3 is 4.74 Å². The number of halogens is 5. The highest BCUT2D eigenvalue weighted by atomic mass is 79.9. The van der Waals surface area contributed by atoms with E-state index < -0.39 is 55.2 Å². The first kappa shape index (κ1) is 22.0. The largest absolute Gasteiger partial charge is 0.497 e. The first-order valence-corrected chi connectivity index (χ1v) is 10.5. The van der Waals surface area contributed by atoms with E-state index >= 15 is 0 Å². The third kappa shape index (κ3) is 4.26. The van der Waals surface area contributed by atoms with Crippen LogP contribution in [-0.2, 0) is 16.6 Å². The molecule has 0 amide bonds. The van der Waals surface area contributed by atoms with Gasteiger partial charge in [-0.1, -0.05) is 18.2 Å². The summed E-state index contributed by atoms with van der Waals surface area (Å²) >= 11 is 2.57. The van der Waals surface area contributed by atoms with Crippen LogP contribution in [0.25, 0.3) is 0 Å². The number of nitrogens with zero attached hydrogens (tertiary/aromatic N) is 2. The molecule has 1 heterocycles. The average Bonchev–Trinajstić information content (AvgIpc) is 2.70. The van der Waals surface area contributed by atoms with Crippen molar-refractivity contribution in [3.05, 3.63) is 82.0 Å². The molecule has 0 spiro atoms. The molecule has 30 heavy (non-hydrogen) atoms. The molecular weight excluding hydrogens is 492 g/mol. The Kier molecular flexibility index (Phi) is 6.32. The van der Waals surface area contributed by atoms with Crippen molar-refractivity contribution in [3.8, 4) is 5.75 Å². The summed E-state index contributed by atoms with van der Waals surface area (Å²) in [4.78, 5) is 2.13. The molecule has 2 aromatic carbocycles. The lowest BCUT2D eigenvalue weighted by Gasteiger charge is -2.24. The van der Waals surface area contributed by atoms with Gasteiger partial charge in [0.1, 0.15) is 23.2 Å². The fourth-order valence-electron chi connectivity index (χ4n) is 2.62.